The van der Waals surface area contributed by atoms with Crippen molar-refractivity contribution in [2.45, 2.75) is 32.2 Å². The number of phenolic OH excluding ortho intramolecular Hbond substituents is 1. The Balaban J connectivity index is 1.58. The van der Waals surface area contributed by atoms with Gasteiger partial charge in [0, 0.05) is 5.39 Å². The third-order valence-electron chi connectivity index (χ3n) is 5.86. The molecular weight excluding hydrogens is 366 g/mol. The first-order chi connectivity index (χ1) is 14.2. The van der Waals surface area contributed by atoms with E-state index in [2.05, 4.69) is 9.97 Å². The van der Waals surface area contributed by atoms with Gasteiger partial charge in [0.05, 0.1) is 29.7 Å². The molecule has 0 aliphatic carbocycles. The monoisotopic (exact) mass is 390 g/mol. The Kier molecular flexibility index (Phi) is 4.56. The lowest BCUT2D eigenvalue weighted by atomic mass is 10.1. The molecule has 29 heavy (non-hydrogen) atoms. The van der Waals surface area contributed by atoms with Crippen LogP contribution in [0.3, 0.4) is 0 Å². The molecule has 0 atom stereocenters. The number of H-pyrrole nitrogens is 1. The minimum absolute atomic E-state index is 0.189. The largest absolute Gasteiger partial charge is 0.507 e. The molecule has 1 aliphatic rings. The first-order valence-corrected chi connectivity index (χ1v) is 10.3. The van der Waals surface area contributed by atoms with Crippen molar-refractivity contribution in [3.8, 4) is 17.1 Å². The lowest BCUT2D eigenvalue weighted by molar-refractivity contribution is -0.913. The van der Waals surface area contributed by atoms with E-state index in [9.17, 15) is 9.90 Å². The summed E-state index contributed by atoms with van der Waals surface area (Å²) < 4.78 is 5.74. The van der Waals surface area contributed by atoms with Crippen LogP contribution in [0.5, 0.6) is 5.75 Å². The lowest BCUT2D eigenvalue weighted by Crippen LogP contribution is -3.10. The van der Waals surface area contributed by atoms with Gasteiger partial charge < -0.3 is 19.4 Å². The van der Waals surface area contributed by atoms with Gasteiger partial charge in [-0.1, -0.05) is 12.1 Å². The highest BCUT2D eigenvalue weighted by molar-refractivity contribution is 5.86. The molecule has 6 heteroatoms. The van der Waals surface area contributed by atoms with Crippen LogP contribution in [-0.4, -0.2) is 28.2 Å². The molecule has 5 rings (SSSR count). The summed E-state index contributed by atoms with van der Waals surface area (Å²) in [5, 5.41) is 11.3. The molecule has 0 radical (unpaired) electrons. The SMILES string of the molecule is O=c1oc2c(C[NH+]3CCCCCC3)c(O)ccc2cc1-c1nc2ccccc2[nH]1. The molecule has 2 aromatic carbocycles. The fraction of sp³-hybridized carbons (Fsp3) is 0.304. The zero-order valence-electron chi connectivity index (χ0n) is 16.2. The van der Waals surface area contributed by atoms with Crippen LogP contribution in [0, 0.1) is 0 Å². The van der Waals surface area contributed by atoms with Crippen molar-refractivity contribution in [1.82, 2.24) is 9.97 Å². The summed E-state index contributed by atoms with van der Waals surface area (Å²) in [5.74, 6) is 0.684. The Morgan fingerprint density at radius 1 is 1.07 bits per heavy atom. The van der Waals surface area contributed by atoms with Crippen LogP contribution < -0.4 is 10.5 Å². The molecule has 1 aliphatic heterocycles. The van der Waals surface area contributed by atoms with Gasteiger partial charge in [0.2, 0.25) is 0 Å². The predicted octanol–water partition coefficient (Wildman–Crippen LogP) is 3.00. The molecule has 0 spiro atoms. The van der Waals surface area contributed by atoms with Gasteiger partial charge in [-0.2, -0.15) is 0 Å². The number of fused-ring (bicyclic) bond motifs is 2. The Hall–Kier alpha value is -3.12. The molecule has 0 unspecified atom stereocenters. The second kappa shape index (κ2) is 7.37. The lowest BCUT2D eigenvalue weighted by Gasteiger charge is -2.18. The molecule has 1 saturated heterocycles. The highest BCUT2D eigenvalue weighted by Gasteiger charge is 2.20. The third-order valence-corrected chi connectivity index (χ3v) is 5.86. The van der Waals surface area contributed by atoms with Gasteiger partial charge >= 0.3 is 5.63 Å². The molecule has 3 heterocycles. The van der Waals surface area contributed by atoms with Crippen LogP contribution in [-0.2, 0) is 6.54 Å². The maximum Gasteiger partial charge on any atom is 0.347 e. The van der Waals surface area contributed by atoms with Gasteiger partial charge in [-0.3, -0.25) is 0 Å². The molecule has 2 aromatic heterocycles. The number of hydrogen-bond acceptors (Lipinski definition) is 4. The fourth-order valence-corrected chi connectivity index (χ4v) is 4.30. The number of quaternary nitrogens is 1. The van der Waals surface area contributed by atoms with E-state index < -0.39 is 5.63 Å². The number of aromatic hydroxyl groups is 1. The smallest absolute Gasteiger partial charge is 0.347 e. The van der Waals surface area contributed by atoms with E-state index in [0.717, 1.165) is 29.5 Å². The molecular formula is C23H24N3O3+. The van der Waals surface area contributed by atoms with Gasteiger partial charge in [-0.25, -0.2) is 9.78 Å². The Morgan fingerprint density at radius 3 is 2.66 bits per heavy atom. The minimum Gasteiger partial charge on any atom is -0.507 e. The van der Waals surface area contributed by atoms with E-state index in [-0.39, 0.29) is 5.75 Å². The first kappa shape index (κ1) is 17.9. The average molecular weight is 390 g/mol. The van der Waals surface area contributed by atoms with Crippen LogP contribution in [0.2, 0.25) is 0 Å². The fourth-order valence-electron chi connectivity index (χ4n) is 4.30. The standard InChI is InChI=1S/C23H23N3O3/c27-20-10-9-15-13-16(22-24-18-7-3-4-8-19(18)25-22)23(28)29-21(15)17(20)14-26-11-5-1-2-6-12-26/h3-4,7-10,13,27H,1-2,5-6,11-12,14H2,(H,24,25)/p+1. The van der Waals surface area contributed by atoms with Crippen LogP contribution >= 0.6 is 0 Å². The zero-order valence-corrected chi connectivity index (χ0v) is 16.2. The number of aromatic amines is 1. The highest BCUT2D eigenvalue weighted by Crippen LogP contribution is 2.28. The molecule has 3 N–H and O–H groups in total. The number of nitrogens with one attached hydrogen (secondary N) is 2. The second-order valence-electron chi connectivity index (χ2n) is 7.87. The number of hydrogen-bond donors (Lipinski definition) is 3. The number of rotatable bonds is 3. The Labute approximate surface area is 167 Å². The van der Waals surface area contributed by atoms with Crippen molar-refractivity contribution in [3.05, 3.63) is 58.4 Å². The molecule has 4 aromatic rings. The van der Waals surface area contributed by atoms with Crippen LogP contribution in [0.1, 0.15) is 31.2 Å². The quantitative estimate of drug-likeness (QED) is 0.470. The van der Waals surface area contributed by atoms with Crippen LogP contribution in [0.25, 0.3) is 33.4 Å². The number of imidazole rings is 1. The number of benzene rings is 2. The number of nitrogens with zero attached hydrogens (tertiary/aromatic N) is 1. The van der Waals surface area contributed by atoms with Crippen molar-refractivity contribution < 1.29 is 14.4 Å². The van der Waals surface area contributed by atoms with Crippen molar-refractivity contribution in [3.63, 3.8) is 0 Å². The molecule has 148 valence electrons. The Morgan fingerprint density at radius 2 is 1.86 bits per heavy atom. The summed E-state index contributed by atoms with van der Waals surface area (Å²) >= 11 is 0. The highest BCUT2D eigenvalue weighted by atomic mass is 16.4. The number of likely N-dealkylation sites (tertiary alicyclic amines) is 1. The van der Waals surface area contributed by atoms with Crippen molar-refractivity contribution in [2.75, 3.05) is 13.1 Å². The van der Waals surface area contributed by atoms with E-state index >= 15 is 0 Å². The summed E-state index contributed by atoms with van der Waals surface area (Å²) in [7, 11) is 0. The number of para-hydroxylation sites is 2. The number of phenols is 1. The first-order valence-electron chi connectivity index (χ1n) is 10.3. The van der Waals surface area contributed by atoms with Gasteiger partial charge in [-0.15, -0.1) is 0 Å². The molecule has 0 bridgehead atoms. The van der Waals surface area contributed by atoms with Crippen molar-refractivity contribution >= 4 is 22.0 Å². The molecule has 0 amide bonds. The van der Waals surface area contributed by atoms with Crippen LogP contribution in [0.15, 0.2) is 51.7 Å². The van der Waals surface area contributed by atoms with E-state index in [4.69, 9.17) is 4.42 Å². The van der Waals surface area contributed by atoms with Crippen LogP contribution in [0.4, 0.5) is 0 Å². The summed E-state index contributed by atoms with van der Waals surface area (Å²) in [4.78, 5) is 21.9. The van der Waals surface area contributed by atoms with E-state index in [1.165, 1.54) is 30.6 Å². The van der Waals surface area contributed by atoms with Gasteiger partial charge in [0.25, 0.3) is 0 Å². The van der Waals surface area contributed by atoms with E-state index in [1.54, 1.807) is 18.2 Å². The summed E-state index contributed by atoms with van der Waals surface area (Å²) in [5.41, 5.74) is 2.82. The maximum absolute atomic E-state index is 12.8. The predicted molar refractivity (Wildman–Crippen MR) is 112 cm³/mol. The summed E-state index contributed by atoms with van der Waals surface area (Å²) in [6, 6.07) is 13.0. The minimum atomic E-state index is -0.450. The Bertz CT molecular complexity index is 1200. The van der Waals surface area contributed by atoms with Gasteiger partial charge in [-0.05, 0) is 56.0 Å². The van der Waals surface area contributed by atoms with Crippen molar-refractivity contribution in [2.24, 2.45) is 0 Å². The molecule has 6 nitrogen and oxygen atoms in total. The molecule has 0 saturated carbocycles. The summed E-state index contributed by atoms with van der Waals surface area (Å²) in [6.45, 7) is 2.82. The third kappa shape index (κ3) is 3.40. The maximum atomic E-state index is 12.8. The second-order valence-corrected chi connectivity index (χ2v) is 7.87. The number of aromatic nitrogens is 2. The summed E-state index contributed by atoms with van der Waals surface area (Å²) in [6.07, 6.45) is 4.92. The van der Waals surface area contributed by atoms with E-state index in [1.807, 2.05) is 24.3 Å². The van der Waals surface area contributed by atoms with Crippen molar-refractivity contribution in [1.29, 1.82) is 0 Å². The molecule has 1 fully saturated rings. The van der Waals surface area contributed by atoms with E-state index in [0.29, 0.717) is 29.1 Å². The van der Waals surface area contributed by atoms with Gasteiger partial charge in [0.1, 0.15) is 23.7 Å². The van der Waals surface area contributed by atoms with Gasteiger partial charge in [0.15, 0.2) is 5.58 Å². The zero-order chi connectivity index (χ0) is 19.8. The normalized spacial score (nSPS) is 15.7. The average Bonchev–Trinajstić information content (AvgIpc) is 2.99. The topological polar surface area (TPSA) is 83.6 Å².